The molecule has 2 amide bonds. The Balaban J connectivity index is 2.68. The van der Waals surface area contributed by atoms with Crippen molar-refractivity contribution in [2.45, 2.75) is 33.0 Å². The van der Waals surface area contributed by atoms with E-state index in [9.17, 15) is 22.8 Å². The van der Waals surface area contributed by atoms with Crippen molar-refractivity contribution in [3.8, 4) is 0 Å². The number of rotatable bonds is 7. The number of halogens is 3. The largest absolute Gasteiger partial charge is 0.405 e. The van der Waals surface area contributed by atoms with Crippen LogP contribution in [-0.2, 0) is 4.79 Å². The molecule has 1 aromatic rings. The number of hydrogen-bond donors (Lipinski definition) is 1. The number of hydrogen-bond acceptors (Lipinski definition) is 3. The number of benzene rings is 1. The molecule has 0 bridgehead atoms. The van der Waals surface area contributed by atoms with Crippen LogP contribution in [0.1, 0.15) is 31.1 Å². The highest BCUT2D eigenvalue weighted by molar-refractivity contribution is 5.96. The molecule has 0 aromatic heterocycles. The Labute approximate surface area is 145 Å². The van der Waals surface area contributed by atoms with E-state index in [0.29, 0.717) is 11.6 Å². The summed E-state index contributed by atoms with van der Waals surface area (Å²) in [4.78, 5) is 27.0. The van der Waals surface area contributed by atoms with Crippen LogP contribution in [0.4, 0.5) is 18.9 Å². The summed E-state index contributed by atoms with van der Waals surface area (Å²) < 4.78 is 36.2. The predicted molar refractivity (Wildman–Crippen MR) is 90.6 cm³/mol. The van der Waals surface area contributed by atoms with Gasteiger partial charge in [-0.05, 0) is 45.0 Å². The Morgan fingerprint density at radius 2 is 1.72 bits per heavy atom. The number of carbonyl (C=O) groups is 2. The number of nitrogens with zero attached hydrogens (tertiary/aromatic N) is 2. The van der Waals surface area contributed by atoms with E-state index in [-0.39, 0.29) is 0 Å². The van der Waals surface area contributed by atoms with Crippen molar-refractivity contribution >= 4 is 17.5 Å². The lowest BCUT2D eigenvalue weighted by atomic mass is 10.1. The van der Waals surface area contributed by atoms with Crippen LogP contribution in [-0.4, -0.2) is 55.6 Å². The van der Waals surface area contributed by atoms with Gasteiger partial charge in [0.05, 0.1) is 6.54 Å². The van der Waals surface area contributed by atoms with Gasteiger partial charge in [-0.15, -0.1) is 0 Å². The molecule has 0 radical (unpaired) electrons. The van der Waals surface area contributed by atoms with E-state index < -0.39 is 31.1 Å². The smallest absolute Gasteiger partial charge is 0.369 e. The molecule has 0 aliphatic heterocycles. The van der Waals surface area contributed by atoms with Crippen molar-refractivity contribution < 1.29 is 22.8 Å². The van der Waals surface area contributed by atoms with E-state index in [1.54, 1.807) is 17.4 Å². The van der Waals surface area contributed by atoms with Gasteiger partial charge >= 0.3 is 6.18 Å². The quantitative estimate of drug-likeness (QED) is 0.814. The van der Waals surface area contributed by atoms with E-state index in [2.05, 4.69) is 18.7 Å². The van der Waals surface area contributed by atoms with Gasteiger partial charge in [0.1, 0.15) is 6.54 Å². The Morgan fingerprint density at radius 3 is 2.16 bits per heavy atom. The summed E-state index contributed by atoms with van der Waals surface area (Å²) in [5.74, 6) is -1.29. The molecule has 0 saturated heterocycles. The van der Waals surface area contributed by atoms with Gasteiger partial charge in [0.2, 0.25) is 5.91 Å². The summed E-state index contributed by atoms with van der Waals surface area (Å²) in [6.07, 6.45) is -4.48. The lowest BCUT2D eigenvalue weighted by molar-refractivity contribution is -0.138. The number of carbonyl (C=O) groups excluding carboxylic acids is 2. The summed E-state index contributed by atoms with van der Waals surface area (Å²) in [5.41, 5.74) is 1.34. The van der Waals surface area contributed by atoms with Crippen LogP contribution >= 0.6 is 0 Å². The van der Waals surface area contributed by atoms with E-state index >= 15 is 0 Å². The third-order valence-corrected chi connectivity index (χ3v) is 3.62. The standard InChI is InChI=1S/C17H24F3N3O2/c1-5-23(12(2)3)14-8-6-13(7-9-14)16(25)22(4)10-15(24)21-11-17(18,19)20/h6-9,12H,5,10-11H2,1-4H3,(H,21,24). The second-order valence-corrected chi connectivity index (χ2v) is 5.98. The fraction of sp³-hybridized carbons (Fsp3) is 0.529. The summed E-state index contributed by atoms with van der Waals surface area (Å²) in [5, 5.41) is 1.74. The summed E-state index contributed by atoms with van der Waals surface area (Å²) in [7, 11) is 1.37. The van der Waals surface area contributed by atoms with Crippen LogP contribution in [0.25, 0.3) is 0 Å². The maximum atomic E-state index is 12.3. The molecule has 8 heteroatoms. The SMILES string of the molecule is CCN(c1ccc(C(=O)N(C)CC(=O)NCC(F)(F)F)cc1)C(C)C. The van der Waals surface area contributed by atoms with E-state index in [1.165, 1.54) is 7.05 Å². The first-order chi connectivity index (χ1) is 11.5. The second kappa shape index (κ2) is 8.73. The zero-order valence-corrected chi connectivity index (χ0v) is 14.9. The first-order valence-electron chi connectivity index (χ1n) is 8.00. The predicted octanol–water partition coefficient (Wildman–Crippen LogP) is 2.67. The van der Waals surface area contributed by atoms with Crippen LogP contribution < -0.4 is 10.2 Å². The molecule has 1 aromatic carbocycles. The van der Waals surface area contributed by atoms with Gasteiger partial charge in [-0.25, -0.2) is 0 Å². The molecule has 0 atom stereocenters. The van der Waals surface area contributed by atoms with Crippen LogP contribution in [0.5, 0.6) is 0 Å². The fourth-order valence-electron chi connectivity index (χ4n) is 2.40. The minimum absolute atomic E-state index is 0.312. The minimum Gasteiger partial charge on any atom is -0.369 e. The Bertz CT molecular complexity index is 586. The van der Waals surface area contributed by atoms with Gasteiger partial charge in [-0.2, -0.15) is 13.2 Å². The highest BCUT2D eigenvalue weighted by Gasteiger charge is 2.28. The monoisotopic (exact) mass is 359 g/mol. The molecule has 0 spiro atoms. The highest BCUT2D eigenvalue weighted by Crippen LogP contribution is 2.18. The molecule has 0 fully saturated rings. The first-order valence-corrected chi connectivity index (χ1v) is 8.00. The molecule has 1 N–H and O–H groups in total. The van der Waals surface area contributed by atoms with E-state index in [0.717, 1.165) is 17.1 Å². The van der Waals surface area contributed by atoms with E-state index in [1.807, 2.05) is 19.1 Å². The summed E-state index contributed by atoms with van der Waals surface area (Å²) >= 11 is 0. The second-order valence-electron chi connectivity index (χ2n) is 5.98. The van der Waals surface area contributed by atoms with Crippen LogP contribution in [0.15, 0.2) is 24.3 Å². The summed E-state index contributed by atoms with van der Waals surface area (Å²) in [6.45, 7) is 5.14. The third kappa shape index (κ3) is 6.64. The molecule has 0 heterocycles. The Kier molecular flexibility index (Phi) is 7.26. The Morgan fingerprint density at radius 1 is 1.16 bits per heavy atom. The topological polar surface area (TPSA) is 52.7 Å². The minimum atomic E-state index is -4.48. The van der Waals surface area contributed by atoms with Crippen molar-refractivity contribution in [1.29, 1.82) is 0 Å². The molecular formula is C17H24F3N3O2. The number of likely N-dealkylation sites (N-methyl/N-ethyl adjacent to an activating group) is 1. The van der Waals surface area contributed by atoms with Crippen LogP contribution in [0.2, 0.25) is 0 Å². The summed E-state index contributed by atoms with van der Waals surface area (Å²) in [6, 6.07) is 7.23. The van der Waals surface area contributed by atoms with Gasteiger partial charge in [0.15, 0.2) is 0 Å². The molecular weight excluding hydrogens is 335 g/mol. The maximum absolute atomic E-state index is 12.3. The zero-order valence-electron chi connectivity index (χ0n) is 14.9. The first kappa shape index (κ1) is 20.8. The van der Waals surface area contributed by atoms with Crippen molar-refractivity contribution in [1.82, 2.24) is 10.2 Å². The Hall–Kier alpha value is -2.25. The van der Waals surface area contributed by atoms with Crippen LogP contribution in [0, 0.1) is 0 Å². The molecule has 25 heavy (non-hydrogen) atoms. The molecule has 1 rings (SSSR count). The molecule has 5 nitrogen and oxygen atoms in total. The van der Waals surface area contributed by atoms with Gasteiger partial charge in [-0.1, -0.05) is 0 Å². The average molecular weight is 359 g/mol. The van der Waals surface area contributed by atoms with Crippen LogP contribution in [0.3, 0.4) is 0 Å². The molecule has 0 aliphatic carbocycles. The molecule has 0 saturated carbocycles. The number of anilines is 1. The number of alkyl halides is 3. The van der Waals surface area contributed by atoms with Crippen molar-refractivity contribution in [2.75, 3.05) is 31.6 Å². The molecule has 0 unspecified atom stereocenters. The third-order valence-electron chi connectivity index (χ3n) is 3.62. The molecule has 0 aliphatic rings. The lowest BCUT2D eigenvalue weighted by Crippen LogP contribution is -2.41. The average Bonchev–Trinajstić information content (AvgIpc) is 2.52. The number of amides is 2. The van der Waals surface area contributed by atoms with Crippen molar-refractivity contribution in [3.63, 3.8) is 0 Å². The maximum Gasteiger partial charge on any atom is 0.405 e. The van der Waals surface area contributed by atoms with Crippen molar-refractivity contribution in [2.24, 2.45) is 0 Å². The number of nitrogens with one attached hydrogen (secondary N) is 1. The van der Waals surface area contributed by atoms with Gasteiger partial charge in [0.25, 0.3) is 5.91 Å². The van der Waals surface area contributed by atoms with Gasteiger partial charge in [0, 0.05) is 30.9 Å². The molecule has 140 valence electrons. The highest BCUT2D eigenvalue weighted by atomic mass is 19.4. The van der Waals surface area contributed by atoms with Gasteiger partial charge in [-0.3, -0.25) is 9.59 Å². The zero-order chi connectivity index (χ0) is 19.2. The normalized spacial score (nSPS) is 11.4. The van der Waals surface area contributed by atoms with E-state index in [4.69, 9.17) is 0 Å². The van der Waals surface area contributed by atoms with Gasteiger partial charge < -0.3 is 15.1 Å². The lowest BCUT2D eigenvalue weighted by Gasteiger charge is -2.27. The fourth-order valence-corrected chi connectivity index (χ4v) is 2.40. The van der Waals surface area contributed by atoms with Crippen molar-refractivity contribution in [3.05, 3.63) is 29.8 Å².